The molecule has 1 aromatic rings. The van der Waals surface area contributed by atoms with Crippen molar-refractivity contribution in [1.29, 1.82) is 5.26 Å². The maximum atomic E-state index is 12.8. The number of hydrogen-bond acceptors (Lipinski definition) is 6. The molecule has 23 heavy (non-hydrogen) atoms. The first-order valence-corrected chi connectivity index (χ1v) is 6.10. The van der Waals surface area contributed by atoms with E-state index in [1.165, 1.54) is 13.0 Å². The number of alkyl halides is 3. The third-order valence-corrected chi connectivity index (χ3v) is 2.50. The SMILES string of the molecule is CCOC(=O)C(C#N)=CNc1ccc([N+](=O)[O-])c(C(F)(F)F)c1. The van der Waals surface area contributed by atoms with Crippen LogP contribution in [0.1, 0.15) is 12.5 Å². The van der Waals surface area contributed by atoms with Crippen molar-refractivity contribution in [1.82, 2.24) is 0 Å². The zero-order valence-electron chi connectivity index (χ0n) is 11.7. The van der Waals surface area contributed by atoms with E-state index in [2.05, 4.69) is 10.1 Å². The molecule has 7 nitrogen and oxygen atoms in total. The van der Waals surface area contributed by atoms with E-state index in [9.17, 15) is 28.1 Å². The molecular weight excluding hydrogens is 319 g/mol. The molecule has 0 unspecified atom stereocenters. The average Bonchev–Trinajstić information content (AvgIpc) is 2.47. The Labute approximate surface area is 128 Å². The summed E-state index contributed by atoms with van der Waals surface area (Å²) in [6.07, 6.45) is -4.07. The number of carbonyl (C=O) groups excluding carboxylic acids is 1. The molecular formula is C13H10F3N3O4. The molecule has 0 fully saturated rings. The monoisotopic (exact) mass is 329 g/mol. The van der Waals surface area contributed by atoms with Gasteiger partial charge in [0.15, 0.2) is 5.57 Å². The van der Waals surface area contributed by atoms with Gasteiger partial charge in [-0.1, -0.05) is 0 Å². The van der Waals surface area contributed by atoms with Gasteiger partial charge in [-0.05, 0) is 19.1 Å². The normalized spacial score (nSPS) is 11.5. The van der Waals surface area contributed by atoms with Gasteiger partial charge >= 0.3 is 12.1 Å². The first-order chi connectivity index (χ1) is 10.7. The van der Waals surface area contributed by atoms with Crippen molar-refractivity contribution in [2.24, 2.45) is 0 Å². The van der Waals surface area contributed by atoms with Crippen LogP contribution in [0.4, 0.5) is 24.5 Å². The molecule has 1 N–H and O–H groups in total. The quantitative estimate of drug-likeness (QED) is 0.293. The molecule has 0 aliphatic carbocycles. The largest absolute Gasteiger partial charge is 0.462 e. The number of nitriles is 1. The lowest BCUT2D eigenvalue weighted by atomic mass is 10.1. The van der Waals surface area contributed by atoms with E-state index in [1.54, 1.807) is 0 Å². The van der Waals surface area contributed by atoms with Crippen molar-refractivity contribution in [2.75, 3.05) is 11.9 Å². The Bertz CT molecular complexity index is 693. The number of benzene rings is 1. The Morgan fingerprint density at radius 2 is 2.17 bits per heavy atom. The summed E-state index contributed by atoms with van der Waals surface area (Å²) in [7, 11) is 0. The van der Waals surface area contributed by atoms with Crippen LogP contribution in [0.2, 0.25) is 0 Å². The van der Waals surface area contributed by atoms with Crippen molar-refractivity contribution >= 4 is 17.3 Å². The van der Waals surface area contributed by atoms with E-state index < -0.39 is 33.9 Å². The molecule has 1 aromatic carbocycles. The summed E-state index contributed by atoms with van der Waals surface area (Å²) in [5.41, 5.74) is -3.19. The fraction of sp³-hybridized carbons (Fsp3) is 0.231. The van der Waals surface area contributed by atoms with Crippen LogP contribution in [-0.2, 0) is 15.7 Å². The van der Waals surface area contributed by atoms with Crippen LogP contribution in [0.3, 0.4) is 0 Å². The standard InChI is InChI=1S/C13H10F3N3O4/c1-2-23-12(20)8(6-17)7-18-9-3-4-11(19(21)22)10(5-9)13(14,15)16/h3-5,7,18H,2H2,1H3. The Balaban J connectivity index is 3.14. The minimum absolute atomic E-state index is 0.0214. The predicted octanol–water partition coefficient (Wildman–Crippen LogP) is 3.00. The number of nitrogens with one attached hydrogen (secondary N) is 1. The number of esters is 1. The molecule has 0 aliphatic rings. The molecule has 0 saturated carbocycles. The zero-order chi connectivity index (χ0) is 17.6. The molecule has 0 saturated heterocycles. The first-order valence-electron chi connectivity index (χ1n) is 6.10. The van der Waals surface area contributed by atoms with E-state index in [-0.39, 0.29) is 12.3 Å². The maximum absolute atomic E-state index is 12.8. The molecule has 0 aromatic heterocycles. The second kappa shape index (κ2) is 7.26. The van der Waals surface area contributed by atoms with Crippen molar-refractivity contribution in [2.45, 2.75) is 13.1 Å². The Kier molecular flexibility index (Phi) is 5.67. The van der Waals surface area contributed by atoms with Crippen molar-refractivity contribution in [3.05, 3.63) is 45.6 Å². The second-order valence-electron chi connectivity index (χ2n) is 4.02. The lowest BCUT2D eigenvalue weighted by Gasteiger charge is -2.09. The molecule has 0 bridgehead atoms. The summed E-state index contributed by atoms with van der Waals surface area (Å²) in [5.74, 6) is -0.944. The van der Waals surface area contributed by atoms with Gasteiger partial charge in [-0.3, -0.25) is 10.1 Å². The summed E-state index contributed by atoms with van der Waals surface area (Å²) >= 11 is 0. The highest BCUT2D eigenvalue weighted by molar-refractivity contribution is 5.93. The Morgan fingerprint density at radius 1 is 1.52 bits per heavy atom. The molecule has 1 rings (SSSR count). The summed E-state index contributed by atoms with van der Waals surface area (Å²) < 4.78 is 43.0. The van der Waals surface area contributed by atoms with Gasteiger partial charge in [0.05, 0.1) is 11.5 Å². The zero-order valence-corrected chi connectivity index (χ0v) is 11.7. The number of hydrogen-bond donors (Lipinski definition) is 1. The summed E-state index contributed by atoms with van der Waals surface area (Å²) in [6, 6.07) is 3.73. The van der Waals surface area contributed by atoms with Gasteiger partial charge in [0.1, 0.15) is 11.6 Å². The predicted molar refractivity (Wildman–Crippen MR) is 72.1 cm³/mol. The van der Waals surface area contributed by atoms with Crippen LogP contribution in [0.5, 0.6) is 0 Å². The Morgan fingerprint density at radius 3 is 2.65 bits per heavy atom. The van der Waals surface area contributed by atoms with E-state index in [0.717, 1.165) is 12.3 Å². The lowest BCUT2D eigenvalue weighted by Crippen LogP contribution is -2.10. The van der Waals surface area contributed by atoms with Crippen molar-refractivity contribution < 1.29 is 27.6 Å². The first kappa shape index (κ1) is 18.0. The van der Waals surface area contributed by atoms with Gasteiger partial charge in [-0.25, -0.2) is 4.79 Å². The topological polar surface area (TPSA) is 105 Å². The number of rotatable bonds is 5. The second-order valence-corrected chi connectivity index (χ2v) is 4.02. The van der Waals surface area contributed by atoms with E-state index in [1.807, 2.05) is 0 Å². The highest BCUT2D eigenvalue weighted by atomic mass is 19.4. The van der Waals surface area contributed by atoms with Gasteiger partial charge in [0.25, 0.3) is 5.69 Å². The molecule has 10 heteroatoms. The van der Waals surface area contributed by atoms with Gasteiger partial charge in [-0.15, -0.1) is 0 Å². The fourth-order valence-corrected chi connectivity index (χ4v) is 1.51. The summed E-state index contributed by atoms with van der Waals surface area (Å²) in [4.78, 5) is 20.8. The van der Waals surface area contributed by atoms with E-state index in [0.29, 0.717) is 12.1 Å². The number of nitro benzene ring substituents is 1. The number of carbonyl (C=O) groups is 1. The number of nitrogens with zero attached hydrogens (tertiary/aromatic N) is 2. The average molecular weight is 329 g/mol. The van der Waals surface area contributed by atoms with E-state index >= 15 is 0 Å². The smallest absolute Gasteiger partial charge is 0.423 e. The molecule has 0 heterocycles. The van der Waals surface area contributed by atoms with Crippen LogP contribution < -0.4 is 5.32 Å². The number of nitro groups is 1. The minimum Gasteiger partial charge on any atom is -0.462 e. The lowest BCUT2D eigenvalue weighted by molar-refractivity contribution is -0.388. The Hall–Kier alpha value is -3.09. The summed E-state index contributed by atoms with van der Waals surface area (Å²) in [6.45, 7) is 1.54. The minimum atomic E-state index is -4.93. The van der Waals surface area contributed by atoms with Crippen LogP contribution in [0, 0.1) is 21.4 Å². The van der Waals surface area contributed by atoms with Gasteiger partial charge < -0.3 is 10.1 Å². The summed E-state index contributed by atoms with van der Waals surface area (Å²) in [5, 5.41) is 21.7. The van der Waals surface area contributed by atoms with Crippen LogP contribution in [0.15, 0.2) is 30.0 Å². The molecule has 0 amide bonds. The van der Waals surface area contributed by atoms with Crippen LogP contribution in [-0.4, -0.2) is 17.5 Å². The molecule has 0 radical (unpaired) electrons. The molecule has 0 spiro atoms. The highest BCUT2D eigenvalue weighted by Gasteiger charge is 2.38. The molecule has 122 valence electrons. The number of halogens is 3. The van der Waals surface area contributed by atoms with Gasteiger partial charge in [-0.2, -0.15) is 18.4 Å². The van der Waals surface area contributed by atoms with Crippen LogP contribution in [0.25, 0.3) is 0 Å². The van der Waals surface area contributed by atoms with Crippen molar-refractivity contribution in [3.63, 3.8) is 0 Å². The van der Waals surface area contributed by atoms with Crippen LogP contribution >= 0.6 is 0 Å². The third kappa shape index (κ3) is 4.70. The molecule has 0 atom stereocenters. The number of ether oxygens (including phenoxy) is 1. The maximum Gasteiger partial charge on any atom is 0.423 e. The van der Waals surface area contributed by atoms with E-state index in [4.69, 9.17) is 5.26 Å². The molecule has 0 aliphatic heterocycles. The third-order valence-electron chi connectivity index (χ3n) is 2.50. The highest BCUT2D eigenvalue weighted by Crippen LogP contribution is 2.37. The van der Waals surface area contributed by atoms with Gasteiger partial charge in [0.2, 0.25) is 0 Å². The van der Waals surface area contributed by atoms with Gasteiger partial charge in [0, 0.05) is 18.0 Å². The number of anilines is 1. The van der Waals surface area contributed by atoms with Crippen molar-refractivity contribution in [3.8, 4) is 6.07 Å². The fourth-order valence-electron chi connectivity index (χ4n) is 1.51.